The zero-order chi connectivity index (χ0) is 16.9. The maximum absolute atomic E-state index is 11.8. The van der Waals surface area contributed by atoms with Gasteiger partial charge in [0.05, 0.1) is 6.54 Å². The van der Waals surface area contributed by atoms with Gasteiger partial charge in [0.2, 0.25) is 0 Å². The standard InChI is InChI=1S/C17H27IN2O3/c1-17(2,3)23-16(21)20-10-12-6-4-5-7-14(12)19-11-13-8-9-15(18)22-13/h8-9,12,14,19H,4-7,10-11H2,1-3H3,(H,20,21). The molecule has 1 amide bonds. The van der Waals surface area contributed by atoms with E-state index < -0.39 is 5.60 Å². The van der Waals surface area contributed by atoms with E-state index in [1.165, 1.54) is 12.8 Å². The molecule has 1 aliphatic rings. The van der Waals surface area contributed by atoms with Crippen molar-refractivity contribution < 1.29 is 13.9 Å². The number of rotatable bonds is 5. The summed E-state index contributed by atoms with van der Waals surface area (Å²) in [5.41, 5.74) is -0.454. The highest BCUT2D eigenvalue weighted by Gasteiger charge is 2.26. The number of amides is 1. The molecule has 1 saturated carbocycles. The van der Waals surface area contributed by atoms with Crippen molar-refractivity contribution in [1.29, 1.82) is 0 Å². The Morgan fingerprint density at radius 1 is 1.35 bits per heavy atom. The quantitative estimate of drug-likeness (QED) is 0.687. The highest BCUT2D eigenvalue weighted by atomic mass is 127. The first-order chi connectivity index (χ1) is 10.8. The van der Waals surface area contributed by atoms with Gasteiger partial charge in [0.1, 0.15) is 11.4 Å². The molecule has 0 aliphatic heterocycles. The lowest BCUT2D eigenvalue weighted by molar-refractivity contribution is 0.0510. The van der Waals surface area contributed by atoms with Crippen molar-refractivity contribution in [2.24, 2.45) is 5.92 Å². The van der Waals surface area contributed by atoms with Crippen molar-refractivity contribution in [2.75, 3.05) is 6.54 Å². The Labute approximate surface area is 152 Å². The zero-order valence-electron chi connectivity index (χ0n) is 14.2. The predicted octanol–water partition coefficient (Wildman–Crippen LogP) is 4.06. The van der Waals surface area contributed by atoms with Gasteiger partial charge in [0.25, 0.3) is 0 Å². The van der Waals surface area contributed by atoms with E-state index in [0.717, 1.165) is 28.9 Å². The normalized spacial score (nSPS) is 21.9. The topological polar surface area (TPSA) is 63.5 Å². The van der Waals surface area contributed by atoms with Gasteiger partial charge in [-0.15, -0.1) is 0 Å². The first kappa shape index (κ1) is 18.6. The number of halogens is 1. The van der Waals surface area contributed by atoms with Gasteiger partial charge in [-0.3, -0.25) is 0 Å². The summed E-state index contributed by atoms with van der Waals surface area (Å²) in [5.74, 6) is 1.39. The van der Waals surface area contributed by atoms with Crippen LogP contribution in [0.15, 0.2) is 16.5 Å². The minimum Gasteiger partial charge on any atom is -0.454 e. The minimum atomic E-state index is -0.454. The third-order valence-corrected chi connectivity index (χ3v) is 4.56. The molecule has 0 bridgehead atoms. The number of alkyl carbamates (subject to hydrolysis) is 1. The highest BCUT2D eigenvalue weighted by molar-refractivity contribution is 14.1. The number of hydrogen-bond donors (Lipinski definition) is 2. The number of nitrogens with one attached hydrogen (secondary N) is 2. The Hall–Kier alpha value is -0.760. The van der Waals surface area contributed by atoms with Crippen molar-refractivity contribution >= 4 is 28.7 Å². The van der Waals surface area contributed by atoms with Crippen LogP contribution in [-0.4, -0.2) is 24.3 Å². The minimum absolute atomic E-state index is 0.331. The van der Waals surface area contributed by atoms with Crippen LogP contribution in [-0.2, 0) is 11.3 Å². The van der Waals surface area contributed by atoms with Crippen LogP contribution < -0.4 is 10.6 Å². The Morgan fingerprint density at radius 3 is 2.74 bits per heavy atom. The number of carbonyl (C=O) groups is 1. The Morgan fingerprint density at radius 2 is 2.09 bits per heavy atom. The van der Waals surface area contributed by atoms with E-state index in [0.29, 0.717) is 18.5 Å². The smallest absolute Gasteiger partial charge is 0.407 e. The largest absolute Gasteiger partial charge is 0.454 e. The van der Waals surface area contributed by atoms with Gasteiger partial charge in [-0.05, 0) is 74.3 Å². The lowest BCUT2D eigenvalue weighted by Crippen LogP contribution is -2.44. The van der Waals surface area contributed by atoms with Crippen molar-refractivity contribution in [1.82, 2.24) is 10.6 Å². The Balaban J connectivity index is 1.79. The first-order valence-electron chi connectivity index (χ1n) is 8.28. The first-order valence-corrected chi connectivity index (χ1v) is 9.36. The number of furan rings is 1. The summed E-state index contributed by atoms with van der Waals surface area (Å²) in [6.45, 7) is 7.02. The van der Waals surface area contributed by atoms with Gasteiger partial charge < -0.3 is 19.8 Å². The maximum Gasteiger partial charge on any atom is 0.407 e. The van der Waals surface area contributed by atoms with Gasteiger partial charge in [-0.25, -0.2) is 4.79 Å². The molecule has 6 heteroatoms. The summed E-state index contributed by atoms with van der Waals surface area (Å²) in [4.78, 5) is 11.8. The molecule has 2 rings (SSSR count). The average Bonchev–Trinajstić information content (AvgIpc) is 2.87. The molecular weight excluding hydrogens is 407 g/mol. The number of carbonyl (C=O) groups excluding carboxylic acids is 1. The van der Waals surface area contributed by atoms with E-state index in [4.69, 9.17) is 9.15 Å². The predicted molar refractivity (Wildman–Crippen MR) is 98.2 cm³/mol. The van der Waals surface area contributed by atoms with E-state index in [1.807, 2.05) is 32.9 Å². The molecule has 1 aromatic heterocycles. The molecule has 23 heavy (non-hydrogen) atoms. The molecular formula is C17H27IN2O3. The fraction of sp³-hybridized carbons (Fsp3) is 0.706. The van der Waals surface area contributed by atoms with Crippen molar-refractivity contribution in [3.8, 4) is 0 Å². The van der Waals surface area contributed by atoms with Crippen LogP contribution in [0.3, 0.4) is 0 Å². The van der Waals surface area contributed by atoms with Crippen LogP contribution in [0.1, 0.15) is 52.2 Å². The van der Waals surface area contributed by atoms with Crippen LogP contribution in [0.5, 0.6) is 0 Å². The summed E-state index contributed by atoms with van der Waals surface area (Å²) in [5, 5.41) is 6.50. The summed E-state index contributed by atoms with van der Waals surface area (Å²) in [6, 6.07) is 4.38. The fourth-order valence-corrected chi connectivity index (χ4v) is 3.39. The second kappa shape index (κ2) is 8.37. The van der Waals surface area contributed by atoms with Crippen LogP contribution in [0, 0.1) is 9.68 Å². The Bertz CT molecular complexity index is 510. The molecule has 130 valence electrons. The molecule has 1 heterocycles. The van der Waals surface area contributed by atoms with E-state index in [1.54, 1.807) is 0 Å². The van der Waals surface area contributed by atoms with Gasteiger partial charge in [-0.1, -0.05) is 12.8 Å². The molecule has 5 nitrogen and oxygen atoms in total. The van der Waals surface area contributed by atoms with Crippen molar-refractivity contribution in [3.05, 3.63) is 21.7 Å². The van der Waals surface area contributed by atoms with Gasteiger partial charge in [-0.2, -0.15) is 0 Å². The Kier molecular flexibility index (Phi) is 6.76. The summed E-state index contributed by atoms with van der Waals surface area (Å²) in [7, 11) is 0. The zero-order valence-corrected chi connectivity index (χ0v) is 16.3. The molecule has 0 aromatic carbocycles. The SMILES string of the molecule is CC(C)(C)OC(=O)NCC1CCCCC1NCc1ccc(I)o1. The molecule has 1 aromatic rings. The summed E-state index contributed by atoms with van der Waals surface area (Å²) < 4.78 is 11.8. The maximum atomic E-state index is 11.8. The van der Waals surface area contributed by atoms with Crippen LogP contribution in [0.2, 0.25) is 0 Å². The van der Waals surface area contributed by atoms with E-state index >= 15 is 0 Å². The monoisotopic (exact) mass is 434 g/mol. The molecule has 1 aliphatic carbocycles. The molecule has 2 unspecified atom stereocenters. The number of hydrogen-bond acceptors (Lipinski definition) is 4. The highest BCUT2D eigenvalue weighted by Crippen LogP contribution is 2.24. The van der Waals surface area contributed by atoms with Gasteiger partial charge in [0, 0.05) is 12.6 Å². The van der Waals surface area contributed by atoms with E-state index in [9.17, 15) is 4.79 Å². The molecule has 0 radical (unpaired) electrons. The van der Waals surface area contributed by atoms with Crippen LogP contribution in [0.4, 0.5) is 4.79 Å². The fourth-order valence-electron chi connectivity index (χ4n) is 2.93. The third kappa shape index (κ3) is 6.71. The second-order valence-corrected chi connectivity index (χ2v) is 8.18. The van der Waals surface area contributed by atoms with E-state index in [-0.39, 0.29) is 6.09 Å². The average molecular weight is 434 g/mol. The summed E-state index contributed by atoms with van der Waals surface area (Å²) in [6.07, 6.45) is 4.39. The third-order valence-electron chi connectivity index (χ3n) is 3.98. The van der Waals surface area contributed by atoms with Crippen LogP contribution >= 0.6 is 22.6 Å². The van der Waals surface area contributed by atoms with Gasteiger partial charge >= 0.3 is 6.09 Å². The molecule has 0 spiro atoms. The number of ether oxygens (including phenoxy) is 1. The lowest BCUT2D eigenvalue weighted by Gasteiger charge is -2.32. The van der Waals surface area contributed by atoms with Crippen molar-refractivity contribution in [2.45, 2.75) is 64.6 Å². The van der Waals surface area contributed by atoms with Crippen LogP contribution in [0.25, 0.3) is 0 Å². The van der Waals surface area contributed by atoms with Crippen molar-refractivity contribution in [3.63, 3.8) is 0 Å². The molecule has 2 N–H and O–H groups in total. The summed E-state index contributed by atoms with van der Waals surface area (Å²) >= 11 is 2.17. The lowest BCUT2D eigenvalue weighted by atomic mass is 9.84. The second-order valence-electron chi connectivity index (χ2n) is 7.12. The van der Waals surface area contributed by atoms with Gasteiger partial charge in [0.15, 0.2) is 3.77 Å². The molecule has 0 saturated heterocycles. The molecule has 1 fully saturated rings. The van der Waals surface area contributed by atoms with E-state index in [2.05, 4.69) is 33.2 Å². The molecule has 2 atom stereocenters.